The predicted molar refractivity (Wildman–Crippen MR) is 80.2 cm³/mol. The van der Waals surface area contributed by atoms with Crippen LogP contribution in [0.1, 0.15) is 32.3 Å². The highest BCUT2D eigenvalue weighted by atomic mass is 19.1. The molecule has 0 saturated carbocycles. The Labute approximate surface area is 125 Å². The molecular formula is C16H23FN2O2. The van der Waals surface area contributed by atoms with Gasteiger partial charge in [0.05, 0.1) is 0 Å². The van der Waals surface area contributed by atoms with Gasteiger partial charge < -0.3 is 10.6 Å². The zero-order valence-electron chi connectivity index (χ0n) is 12.6. The Kier molecular flexibility index (Phi) is 7.43. The predicted octanol–water partition coefficient (Wildman–Crippen LogP) is 2.04. The van der Waals surface area contributed by atoms with Crippen molar-refractivity contribution in [3.05, 3.63) is 35.6 Å². The van der Waals surface area contributed by atoms with Gasteiger partial charge in [0.2, 0.25) is 11.8 Å². The lowest BCUT2D eigenvalue weighted by Crippen LogP contribution is -2.31. The van der Waals surface area contributed by atoms with E-state index < -0.39 is 0 Å². The molecule has 0 aromatic heterocycles. The van der Waals surface area contributed by atoms with Crippen LogP contribution in [0.2, 0.25) is 0 Å². The Morgan fingerprint density at radius 2 is 1.76 bits per heavy atom. The number of hydrogen-bond donors (Lipinski definition) is 2. The number of amides is 2. The first-order valence-electron chi connectivity index (χ1n) is 7.26. The second-order valence-corrected chi connectivity index (χ2v) is 5.18. The van der Waals surface area contributed by atoms with Crippen LogP contribution in [0.5, 0.6) is 0 Å². The molecule has 0 saturated heterocycles. The molecule has 1 aromatic carbocycles. The van der Waals surface area contributed by atoms with Gasteiger partial charge >= 0.3 is 0 Å². The molecule has 0 aliphatic carbocycles. The second kappa shape index (κ2) is 9.10. The highest BCUT2D eigenvalue weighted by molar-refractivity contribution is 5.78. The van der Waals surface area contributed by atoms with Crippen molar-refractivity contribution in [2.45, 2.75) is 33.1 Å². The standard InChI is InChI=1S/C16H23FN2O2/c1-12(11-14-7-3-4-8-15(14)17)16(21)19-10-6-5-9-18-13(2)20/h3-4,7-8,12H,5-6,9-11H2,1-2H3,(H,18,20)(H,19,21). The lowest BCUT2D eigenvalue weighted by atomic mass is 10.00. The van der Waals surface area contributed by atoms with Crippen LogP contribution in [0.25, 0.3) is 0 Å². The molecule has 21 heavy (non-hydrogen) atoms. The monoisotopic (exact) mass is 294 g/mol. The van der Waals surface area contributed by atoms with Gasteiger partial charge in [-0.3, -0.25) is 9.59 Å². The minimum atomic E-state index is -0.271. The van der Waals surface area contributed by atoms with Crippen LogP contribution >= 0.6 is 0 Å². The minimum Gasteiger partial charge on any atom is -0.356 e. The van der Waals surface area contributed by atoms with E-state index in [9.17, 15) is 14.0 Å². The van der Waals surface area contributed by atoms with Crippen LogP contribution in [0.3, 0.4) is 0 Å². The fourth-order valence-corrected chi connectivity index (χ4v) is 1.99. The first-order chi connectivity index (χ1) is 10.0. The van der Waals surface area contributed by atoms with Gasteiger partial charge in [0.25, 0.3) is 0 Å². The maximum atomic E-state index is 13.5. The topological polar surface area (TPSA) is 58.2 Å². The molecule has 0 bridgehead atoms. The number of nitrogens with one attached hydrogen (secondary N) is 2. The van der Waals surface area contributed by atoms with Crippen LogP contribution < -0.4 is 10.6 Å². The van der Waals surface area contributed by atoms with E-state index in [-0.39, 0.29) is 23.5 Å². The molecule has 0 fully saturated rings. The quantitative estimate of drug-likeness (QED) is 0.721. The molecule has 1 unspecified atom stereocenters. The third-order valence-electron chi connectivity index (χ3n) is 3.21. The molecular weight excluding hydrogens is 271 g/mol. The SMILES string of the molecule is CC(=O)NCCCCNC(=O)C(C)Cc1ccccc1F. The molecule has 5 heteroatoms. The van der Waals surface area contributed by atoms with Crippen molar-refractivity contribution in [2.24, 2.45) is 5.92 Å². The van der Waals surface area contributed by atoms with E-state index >= 15 is 0 Å². The van der Waals surface area contributed by atoms with Crippen molar-refractivity contribution >= 4 is 11.8 Å². The van der Waals surface area contributed by atoms with Crippen LogP contribution in [-0.2, 0) is 16.0 Å². The van der Waals surface area contributed by atoms with Crippen molar-refractivity contribution in [2.75, 3.05) is 13.1 Å². The smallest absolute Gasteiger partial charge is 0.223 e. The molecule has 1 atom stereocenters. The van der Waals surface area contributed by atoms with E-state index in [1.165, 1.54) is 13.0 Å². The molecule has 2 N–H and O–H groups in total. The molecule has 0 radical (unpaired) electrons. The van der Waals surface area contributed by atoms with Gasteiger partial charge in [-0.1, -0.05) is 25.1 Å². The molecule has 0 spiro atoms. The Hall–Kier alpha value is -1.91. The van der Waals surface area contributed by atoms with E-state index in [0.717, 1.165) is 12.8 Å². The molecule has 0 aliphatic heterocycles. The zero-order valence-corrected chi connectivity index (χ0v) is 12.6. The van der Waals surface area contributed by atoms with Gasteiger partial charge in [0.15, 0.2) is 0 Å². The average Bonchev–Trinajstić information content (AvgIpc) is 2.44. The lowest BCUT2D eigenvalue weighted by Gasteiger charge is -2.12. The highest BCUT2D eigenvalue weighted by Gasteiger charge is 2.14. The molecule has 1 aromatic rings. The normalized spacial score (nSPS) is 11.8. The third-order valence-corrected chi connectivity index (χ3v) is 3.21. The summed E-state index contributed by atoms with van der Waals surface area (Å²) in [5, 5.41) is 5.54. The third kappa shape index (κ3) is 6.88. The number of carbonyl (C=O) groups excluding carboxylic acids is 2. The molecule has 2 amide bonds. The summed E-state index contributed by atoms with van der Waals surface area (Å²) in [4.78, 5) is 22.6. The lowest BCUT2D eigenvalue weighted by molar-refractivity contribution is -0.124. The van der Waals surface area contributed by atoms with E-state index in [1.54, 1.807) is 25.1 Å². The average molecular weight is 294 g/mol. The summed E-state index contributed by atoms with van der Waals surface area (Å²) in [5.41, 5.74) is 0.561. The van der Waals surface area contributed by atoms with Crippen molar-refractivity contribution in [3.8, 4) is 0 Å². The summed E-state index contributed by atoms with van der Waals surface area (Å²) < 4.78 is 13.5. The Morgan fingerprint density at radius 3 is 2.38 bits per heavy atom. The van der Waals surface area contributed by atoms with E-state index in [4.69, 9.17) is 0 Å². The Bertz CT molecular complexity index is 477. The zero-order chi connectivity index (χ0) is 15.7. The molecule has 1 rings (SSSR count). The van der Waals surface area contributed by atoms with Gasteiger partial charge in [-0.15, -0.1) is 0 Å². The maximum absolute atomic E-state index is 13.5. The fourth-order valence-electron chi connectivity index (χ4n) is 1.99. The summed E-state index contributed by atoms with van der Waals surface area (Å²) >= 11 is 0. The van der Waals surface area contributed by atoms with Gasteiger partial charge in [0.1, 0.15) is 5.82 Å². The van der Waals surface area contributed by atoms with Crippen LogP contribution in [0.15, 0.2) is 24.3 Å². The van der Waals surface area contributed by atoms with Crippen LogP contribution in [-0.4, -0.2) is 24.9 Å². The van der Waals surface area contributed by atoms with Gasteiger partial charge in [-0.2, -0.15) is 0 Å². The second-order valence-electron chi connectivity index (χ2n) is 5.18. The van der Waals surface area contributed by atoms with Crippen LogP contribution in [0, 0.1) is 11.7 Å². The van der Waals surface area contributed by atoms with Crippen molar-refractivity contribution in [1.29, 1.82) is 0 Å². The van der Waals surface area contributed by atoms with Crippen molar-refractivity contribution in [3.63, 3.8) is 0 Å². The first kappa shape index (κ1) is 17.1. The number of hydrogen-bond acceptors (Lipinski definition) is 2. The van der Waals surface area contributed by atoms with Crippen LogP contribution in [0.4, 0.5) is 4.39 Å². The molecule has 4 nitrogen and oxygen atoms in total. The van der Waals surface area contributed by atoms with Gasteiger partial charge in [0, 0.05) is 25.9 Å². The number of halogens is 1. The van der Waals surface area contributed by atoms with Gasteiger partial charge in [-0.05, 0) is 30.9 Å². The van der Waals surface area contributed by atoms with Gasteiger partial charge in [-0.25, -0.2) is 4.39 Å². The summed E-state index contributed by atoms with van der Waals surface area (Å²) in [6.07, 6.45) is 2.02. The molecule has 0 heterocycles. The first-order valence-corrected chi connectivity index (χ1v) is 7.26. The van der Waals surface area contributed by atoms with E-state index in [2.05, 4.69) is 10.6 Å². The van der Waals surface area contributed by atoms with Crippen molar-refractivity contribution in [1.82, 2.24) is 10.6 Å². The number of rotatable bonds is 8. The van der Waals surface area contributed by atoms with E-state index in [0.29, 0.717) is 25.1 Å². The number of benzene rings is 1. The van der Waals surface area contributed by atoms with Crippen molar-refractivity contribution < 1.29 is 14.0 Å². The van der Waals surface area contributed by atoms with E-state index in [1.807, 2.05) is 0 Å². The summed E-state index contributed by atoms with van der Waals surface area (Å²) in [6.45, 7) is 4.46. The number of carbonyl (C=O) groups is 2. The molecule has 116 valence electrons. The fraction of sp³-hybridized carbons (Fsp3) is 0.500. The summed E-state index contributed by atoms with van der Waals surface area (Å²) in [6, 6.07) is 6.51. The summed E-state index contributed by atoms with van der Waals surface area (Å²) in [5.74, 6) is -0.653. The Balaban J connectivity index is 2.23. The maximum Gasteiger partial charge on any atom is 0.223 e. The molecule has 0 aliphatic rings. The Morgan fingerprint density at radius 1 is 1.14 bits per heavy atom. The number of unbranched alkanes of at least 4 members (excludes halogenated alkanes) is 1. The minimum absolute atomic E-state index is 0.0439. The highest BCUT2D eigenvalue weighted by Crippen LogP contribution is 2.12. The largest absolute Gasteiger partial charge is 0.356 e. The summed E-state index contributed by atoms with van der Waals surface area (Å²) in [7, 11) is 0.